The van der Waals surface area contributed by atoms with Crippen molar-refractivity contribution in [1.29, 1.82) is 0 Å². The number of aliphatic carboxylic acids is 1. The Balaban J connectivity index is 1.90. The van der Waals surface area contributed by atoms with Crippen LogP contribution in [-0.4, -0.2) is 28.9 Å². The maximum Gasteiger partial charge on any atom is 0.323 e. The summed E-state index contributed by atoms with van der Waals surface area (Å²) in [6, 6.07) is 8.51. The van der Waals surface area contributed by atoms with Gasteiger partial charge in [0.2, 0.25) is 0 Å². The van der Waals surface area contributed by atoms with E-state index in [9.17, 15) is 9.90 Å². The molecule has 3 nitrogen and oxygen atoms in total. The molecule has 104 valence electrons. The molecule has 0 radical (unpaired) electrons. The molecule has 2 unspecified atom stereocenters. The molecule has 0 spiro atoms. The fraction of sp³-hybridized carbons (Fsp3) is 0.533. The summed E-state index contributed by atoms with van der Waals surface area (Å²) in [6.07, 6.45) is 2.42. The van der Waals surface area contributed by atoms with Gasteiger partial charge in [-0.3, -0.25) is 4.79 Å². The first kappa shape index (κ1) is 14.4. The molecule has 1 aromatic carbocycles. The monoisotopic (exact) mass is 279 g/mol. The zero-order valence-corrected chi connectivity index (χ0v) is 12.3. The van der Waals surface area contributed by atoms with Gasteiger partial charge in [-0.2, -0.15) is 11.8 Å². The van der Waals surface area contributed by atoms with Gasteiger partial charge in [0.15, 0.2) is 0 Å². The van der Waals surface area contributed by atoms with Crippen molar-refractivity contribution in [3.05, 3.63) is 35.4 Å². The van der Waals surface area contributed by atoms with Crippen LogP contribution in [0.25, 0.3) is 0 Å². The number of carboxylic acids is 1. The van der Waals surface area contributed by atoms with Crippen LogP contribution in [0.5, 0.6) is 0 Å². The minimum atomic E-state index is -0.714. The predicted molar refractivity (Wildman–Crippen MR) is 79.5 cm³/mol. The lowest BCUT2D eigenvalue weighted by Crippen LogP contribution is -2.48. The molecule has 0 bridgehead atoms. The average Bonchev–Trinajstić information content (AvgIpc) is 2.81. The maximum atomic E-state index is 11.3. The summed E-state index contributed by atoms with van der Waals surface area (Å²) < 4.78 is 0. The van der Waals surface area contributed by atoms with Gasteiger partial charge in [0.1, 0.15) is 5.54 Å². The van der Waals surface area contributed by atoms with Crippen molar-refractivity contribution < 1.29 is 9.90 Å². The normalized spacial score (nSPS) is 26.5. The Hall–Kier alpha value is -1.00. The Bertz CT molecular complexity index is 463. The van der Waals surface area contributed by atoms with Crippen molar-refractivity contribution >= 4 is 17.7 Å². The van der Waals surface area contributed by atoms with Crippen LogP contribution in [0.3, 0.4) is 0 Å². The number of thioether (sulfide) groups is 1. The van der Waals surface area contributed by atoms with E-state index in [-0.39, 0.29) is 0 Å². The van der Waals surface area contributed by atoms with Crippen LogP contribution in [-0.2, 0) is 10.5 Å². The first-order valence-corrected chi connectivity index (χ1v) is 7.70. The smallest absolute Gasteiger partial charge is 0.323 e. The molecule has 1 saturated carbocycles. The summed E-state index contributed by atoms with van der Waals surface area (Å²) in [5, 5.41) is 12.8. The number of carboxylic acid groups (broad SMARTS) is 1. The molecular formula is C15H21NO2S. The zero-order valence-electron chi connectivity index (χ0n) is 11.5. The lowest BCUT2D eigenvalue weighted by molar-refractivity contribution is -0.144. The van der Waals surface area contributed by atoms with Gasteiger partial charge in [-0.25, -0.2) is 0 Å². The summed E-state index contributed by atoms with van der Waals surface area (Å²) in [5.74, 6) is 0.250. The highest BCUT2D eigenvalue weighted by Gasteiger charge is 2.44. The molecule has 0 heterocycles. The highest BCUT2D eigenvalue weighted by Crippen LogP contribution is 2.38. The molecule has 0 amide bonds. The van der Waals surface area contributed by atoms with Crippen molar-refractivity contribution in [3.8, 4) is 0 Å². The largest absolute Gasteiger partial charge is 0.480 e. The zero-order chi connectivity index (χ0) is 13.9. The number of likely N-dealkylation sites (N-methyl/N-ethyl adjacent to an activating group) is 1. The van der Waals surface area contributed by atoms with Crippen LogP contribution in [0.15, 0.2) is 24.3 Å². The van der Waals surface area contributed by atoms with E-state index in [1.54, 1.807) is 7.05 Å². The van der Waals surface area contributed by atoms with Crippen LogP contribution in [0.4, 0.5) is 0 Å². The average molecular weight is 279 g/mol. The molecule has 1 aliphatic carbocycles. The summed E-state index contributed by atoms with van der Waals surface area (Å²) in [7, 11) is 1.75. The van der Waals surface area contributed by atoms with Crippen LogP contribution >= 0.6 is 11.8 Å². The van der Waals surface area contributed by atoms with Gasteiger partial charge in [-0.05, 0) is 38.8 Å². The molecule has 1 aromatic rings. The highest BCUT2D eigenvalue weighted by molar-refractivity contribution is 7.99. The van der Waals surface area contributed by atoms with E-state index in [4.69, 9.17) is 0 Å². The first-order chi connectivity index (χ1) is 9.05. The van der Waals surface area contributed by atoms with Gasteiger partial charge < -0.3 is 10.4 Å². The van der Waals surface area contributed by atoms with Gasteiger partial charge in [-0.1, -0.05) is 29.8 Å². The van der Waals surface area contributed by atoms with E-state index >= 15 is 0 Å². The van der Waals surface area contributed by atoms with Crippen molar-refractivity contribution in [2.45, 2.75) is 42.7 Å². The van der Waals surface area contributed by atoms with Crippen LogP contribution in [0, 0.1) is 6.92 Å². The molecule has 2 N–H and O–H groups in total. The molecule has 2 rings (SSSR count). The van der Waals surface area contributed by atoms with Gasteiger partial charge in [0.25, 0.3) is 0 Å². The van der Waals surface area contributed by atoms with Gasteiger partial charge in [-0.15, -0.1) is 0 Å². The number of benzene rings is 1. The molecular weight excluding hydrogens is 258 g/mol. The first-order valence-electron chi connectivity index (χ1n) is 6.65. The number of aryl methyl sites for hydroxylation is 1. The number of carbonyl (C=O) groups is 1. The molecule has 1 aliphatic rings. The van der Waals surface area contributed by atoms with Crippen molar-refractivity contribution in [3.63, 3.8) is 0 Å². The summed E-state index contributed by atoms with van der Waals surface area (Å²) >= 11 is 1.88. The third-order valence-corrected chi connectivity index (χ3v) is 5.30. The quantitative estimate of drug-likeness (QED) is 0.870. The van der Waals surface area contributed by atoms with Crippen molar-refractivity contribution in [2.75, 3.05) is 7.05 Å². The molecule has 0 aliphatic heterocycles. The molecule has 19 heavy (non-hydrogen) atoms. The van der Waals surface area contributed by atoms with Crippen molar-refractivity contribution in [2.24, 2.45) is 0 Å². The van der Waals surface area contributed by atoms with E-state index in [1.165, 1.54) is 11.1 Å². The Morgan fingerprint density at radius 1 is 1.58 bits per heavy atom. The summed E-state index contributed by atoms with van der Waals surface area (Å²) in [6.45, 7) is 2.10. The second kappa shape index (κ2) is 5.97. The van der Waals surface area contributed by atoms with E-state index in [0.29, 0.717) is 5.25 Å². The van der Waals surface area contributed by atoms with E-state index in [0.717, 1.165) is 25.0 Å². The predicted octanol–water partition coefficient (Wildman–Crippen LogP) is 2.82. The molecule has 2 atom stereocenters. The molecule has 1 fully saturated rings. The van der Waals surface area contributed by atoms with E-state index < -0.39 is 11.5 Å². The Morgan fingerprint density at radius 2 is 2.37 bits per heavy atom. The Labute approximate surface area is 118 Å². The summed E-state index contributed by atoms with van der Waals surface area (Å²) in [4.78, 5) is 11.3. The third kappa shape index (κ3) is 3.31. The minimum Gasteiger partial charge on any atom is -0.480 e. The summed E-state index contributed by atoms with van der Waals surface area (Å²) in [5.41, 5.74) is 1.89. The van der Waals surface area contributed by atoms with E-state index in [2.05, 4.69) is 36.5 Å². The highest BCUT2D eigenvalue weighted by atomic mass is 32.2. The standard InChI is InChI=1S/C15H21NO2S/c1-11-4-3-5-12(8-11)10-19-13-6-7-15(9-13,16-2)14(17)18/h3-5,8,13,16H,6-7,9-10H2,1-2H3,(H,17,18). The maximum absolute atomic E-state index is 11.3. The topological polar surface area (TPSA) is 49.3 Å². The van der Waals surface area contributed by atoms with Crippen LogP contribution < -0.4 is 5.32 Å². The van der Waals surface area contributed by atoms with Gasteiger partial charge in [0.05, 0.1) is 0 Å². The number of rotatable bonds is 5. The van der Waals surface area contributed by atoms with Crippen LogP contribution in [0.2, 0.25) is 0 Å². The Kier molecular flexibility index (Phi) is 4.53. The molecule has 4 heteroatoms. The van der Waals surface area contributed by atoms with Gasteiger partial charge >= 0.3 is 5.97 Å². The fourth-order valence-corrected chi connectivity index (χ4v) is 3.98. The van der Waals surface area contributed by atoms with Crippen LogP contribution in [0.1, 0.15) is 30.4 Å². The third-order valence-electron chi connectivity index (χ3n) is 3.93. The molecule has 0 saturated heterocycles. The number of hydrogen-bond donors (Lipinski definition) is 2. The second-order valence-electron chi connectivity index (χ2n) is 5.30. The van der Waals surface area contributed by atoms with E-state index in [1.807, 2.05) is 11.8 Å². The lowest BCUT2D eigenvalue weighted by Gasteiger charge is -2.23. The number of hydrogen-bond acceptors (Lipinski definition) is 3. The molecule has 0 aromatic heterocycles. The fourth-order valence-electron chi connectivity index (χ4n) is 2.69. The second-order valence-corrected chi connectivity index (χ2v) is 6.59. The SMILES string of the molecule is CNC1(C(=O)O)CCC(SCc2cccc(C)c2)C1. The number of nitrogens with one attached hydrogen (secondary N) is 1. The minimum absolute atomic E-state index is 0.434. The lowest BCUT2D eigenvalue weighted by atomic mass is 9.99. The van der Waals surface area contributed by atoms with Crippen molar-refractivity contribution in [1.82, 2.24) is 5.32 Å². The Morgan fingerprint density at radius 3 is 2.95 bits per heavy atom. The van der Waals surface area contributed by atoms with Gasteiger partial charge in [0, 0.05) is 11.0 Å².